The second-order valence-electron chi connectivity index (χ2n) is 5.80. The number of benzene rings is 1. The molecule has 2 heterocycles. The first-order valence-corrected chi connectivity index (χ1v) is 7.38. The second kappa shape index (κ2) is 5.37. The first-order chi connectivity index (χ1) is 10.7. The fraction of sp³-hybridized carbons (Fsp3) is 0.500. The molecule has 2 bridgehead atoms. The monoisotopic (exact) mass is 304 g/mol. The summed E-state index contributed by atoms with van der Waals surface area (Å²) in [5.74, 6) is -2.06. The van der Waals surface area contributed by atoms with E-state index in [0.29, 0.717) is 13.2 Å². The SMILES string of the molecule is O=C(OCC1CO1)C1c2cccc(c2)C1C(=O)OCC1CO1. The number of fused-ring (bicyclic) bond motifs is 2. The lowest BCUT2D eigenvalue weighted by atomic mass is 9.91. The van der Waals surface area contributed by atoms with E-state index >= 15 is 0 Å². The van der Waals surface area contributed by atoms with Crippen LogP contribution in [-0.4, -0.2) is 50.6 Å². The highest BCUT2D eigenvalue weighted by molar-refractivity contribution is 5.92. The van der Waals surface area contributed by atoms with Gasteiger partial charge in [-0.05, 0) is 11.1 Å². The Morgan fingerprint density at radius 1 is 0.955 bits per heavy atom. The Kier molecular flexibility index (Phi) is 3.35. The zero-order valence-corrected chi connectivity index (χ0v) is 11.9. The molecule has 0 spiro atoms. The number of epoxide rings is 2. The Morgan fingerprint density at radius 2 is 1.41 bits per heavy atom. The number of ether oxygens (including phenoxy) is 4. The zero-order chi connectivity index (χ0) is 15.1. The first kappa shape index (κ1) is 13.7. The molecule has 1 aromatic carbocycles. The number of rotatable bonds is 6. The second-order valence-corrected chi connectivity index (χ2v) is 5.80. The number of carbonyl (C=O) groups excluding carboxylic acids is 2. The van der Waals surface area contributed by atoms with Gasteiger partial charge in [-0.25, -0.2) is 0 Å². The molecule has 2 aliphatic heterocycles. The largest absolute Gasteiger partial charge is 0.462 e. The van der Waals surface area contributed by atoms with Gasteiger partial charge in [0.15, 0.2) is 0 Å². The third kappa shape index (κ3) is 2.71. The van der Waals surface area contributed by atoms with Gasteiger partial charge < -0.3 is 18.9 Å². The number of esters is 2. The van der Waals surface area contributed by atoms with E-state index in [1.165, 1.54) is 0 Å². The van der Waals surface area contributed by atoms with Crippen LogP contribution >= 0.6 is 0 Å². The van der Waals surface area contributed by atoms with Crippen molar-refractivity contribution in [2.24, 2.45) is 0 Å². The van der Waals surface area contributed by atoms with Crippen LogP contribution in [0.2, 0.25) is 0 Å². The van der Waals surface area contributed by atoms with Crippen molar-refractivity contribution in [3.63, 3.8) is 0 Å². The summed E-state index contributed by atoms with van der Waals surface area (Å²) in [6.45, 7) is 1.73. The molecule has 4 unspecified atom stereocenters. The molecule has 22 heavy (non-hydrogen) atoms. The van der Waals surface area contributed by atoms with E-state index in [1.54, 1.807) is 0 Å². The zero-order valence-electron chi connectivity index (χ0n) is 11.9. The molecule has 1 aliphatic carbocycles. The molecule has 4 atom stereocenters. The van der Waals surface area contributed by atoms with Crippen molar-refractivity contribution in [1.29, 1.82) is 0 Å². The highest BCUT2D eigenvalue weighted by Crippen LogP contribution is 2.42. The van der Waals surface area contributed by atoms with E-state index in [2.05, 4.69) is 0 Å². The van der Waals surface area contributed by atoms with Crippen LogP contribution in [0.25, 0.3) is 0 Å². The van der Waals surface area contributed by atoms with E-state index in [1.807, 2.05) is 24.3 Å². The van der Waals surface area contributed by atoms with Crippen LogP contribution in [0.15, 0.2) is 24.3 Å². The minimum Gasteiger partial charge on any atom is -0.462 e. The van der Waals surface area contributed by atoms with E-state index in [0.717, 1.165) is 11.1 Å². The quantitative estimate of drug-likeness (QED) is 0.570. The molecule has 0 aromatic heterocycles. The predicted octanol–water partition coefficient (Wildman–Crippen LogP) is 0.751. The van der Waals surface area contributed by atoms with Gasteiger partial charge in [-0.1, -0.05) is 24.3 Å². The Hall–Kier alpha value is -1.92. The molecule has 4 rings (SSSR count). The molecule has 2 saturated heterocycles. The van der Waals surface area contributed by atoms with Gasteiger partial charge in [0.25, 0.3) is 0 Å². The van der Waals surface area contributed by atoms with E-state index < -0.39 is 23.8 Å². The highest BCUT2D eigenvalue weighted by atomic mass is 16.6. The van der Waals surface area contributed by atoms with E-state index in [4.69, 9.17) is 18.9 Å². The third-order valence-electron chi connectivity index (χ3n) is 4.10. The molecular weight excluding hydrogens is 288 g/mol. The summed E-state index contributed by atoms with van der Waals surface area (Å²) in [5.41, 5.74) is 1.59. The summed E-state index contributed by atoms with van der Waals surface area (Å²) in [4.78, 5) is 24.7. The van der Waals surface area contributed by atoms with E-state index in [-0.39, 0.29) is 25.4 Å². The van der Waals surface area contributed by atoms with Crippen molar-refractivity contribution in [2.75, 3.05) is 26.4 Å². The molecule has 0 radical (unpaired) electrons. The van der Waals surface area contributed by atoms with Gasteiger partial charge in [-0.15, -0.1) is 0 Å². The van der Waals surface area contributed by atoms with Crippen LogP contribution in [0, 0.1) is 0 Å². The maximum Gasteiger partial charge on any atom is 0.314 e. The van der Waals surface area contributed by atoms with Crippen molar-refractivity contribution in [3.05, 3.63) is 35.4 Å². The Bertz CT molecular complexity index is 555. The smallest absolute Gasteiger partial charge is 0.314 e. The highest BCUT2D eigenvalue weighted by Gasteiger charge is 2.43. The maximum absolute atomic E-state index is 12.4. The van der Waals surface area contributed by atoms with Crippen molar-refractivity contribution in [3.8, 4) is 0 Å². The van der Waals surface area contributed by atoms with Gasteiger partial charge in [-0.3, -0.25) is 9.59 Å². The minimum absolute atomic E-state index is 0.00545. The van der Waals surface area contributed by atoms with Crippen LogP contribution in [0.3, 0.4) is 0 Å². The Balaban J connectivity index is 1.47. The van der Waals surface area contributed by atoms with Crippen LogP contribution in [0.5, 0.6) is 0 Å². The van der Waals surface area contributed by atoms with Gasteiger partial charge in [0, 0.05) is 0 Å². The summed E-state index contributed by atoms with van der Waals surface area (Å²) >= 11 is 0. The summed E-state index contributed by atoms with van der Waals surface area (Å²) in [6, 6.07) is 7.37. The summed E-state index contributed by atoms with van der Waals surface area (Å²) in [5, 5.41) is 0. The molecule has 0 saturated carbocycles. The molecule has 2 fully saturated rings. The molecule has 0 amide bonds. The van der Waals surface area contributed by atoms with Crippen molar-refractivity contribution in [2.45, 2.75) is 24.0 Å². The Labute approximate surface area is 127 Å². The van der Waals surface area contributed by atoms with Gasteiger partial charge in [0.2, 0.25) is 0 Å². The van der Waals surface area contributed by atoms with Crippen LogP contribution in [0.4, 0.5) is 0 Å². The molecule has 0 N–H and O–H groups in total. The van der Waals surface area contributed by atoms with Gasteiger partial charge in [0.1, 0.15) is 25.4 Å². The molecule has 6 heteroatoms. The lowest BCUT2D eigenvalue weighted by Gasteiger charge is -2.18. The topological polar surface area (TPSA) is 77.7 Å². The van der Waals surface area contributed by atoms with Crippen LogP contribution in [-0.2, 0) is 28.5 Å². The summed E-state index contributed by atoms with van der Waals surface area (Å²) < 4.78 is 20.6. The van der Waals surface area contributed by atoms with Gasteiger partial charge in [-0.2, -0.15) is 0 Å². The minimum atomic E-state index is -0.628. The molecule has 116 valence electrons. The Morgan fingerprint density at radius 3 is 1.82 bits per heavy atom. The molecular formula is C16H16O6. The normalized spacial score (nSPS) is 30.7. The van der Waals surface area contributed by atoms with Crippen molar-refractivity contribution >= 4 is 11.9 Å². The lowest BCUT2D eigenvalue weighted by Crippen LogP contribution is -2.27. The summed E-state index contributed by atoms with van der Waals surface area (Å²) in [6.07, 6.45) is 0.0109. The van der Waals surface area contributed by atoms with Gasteiger partial charge in [0.05, 0.1) is 25.0 Å². The maximum atomic E-state index is 12.4. The predicted molar refractivity (Wildman–Crippen MR) is 73.3 cm³/mol. The molecule has 3 aliphatic rings. The number of hydrogen-bond donors (Lipinski definition) is 0. The van der Waals surface area contributed by atoms with E-state index in [9.17, 15) is 9.59 Å². The average Bonchev–Trinajstić information content (AvgIpc) is 3.42. The van der Waals surface area contributed by atoms with Crippen LogP contribution in [0.1, 0.15) is 23.0 Å². The standard InChI is InChI=1S/C16H16O6/c17-15(21-7-11-5-19-11)13-9-2-1-3-10(4-9)14(13)16(18)22-8-12-6-20-12/h1-4,11-14H,5-8H2. The van der Waals surface area contributed by atoms with Crippen molar-refractivity contribution in [1.82, 2.24) is 0 Å². The fourth-order valence-electron chi connectivity index (χ4n) is 2.73. The lowest BCUT2D eigenvalue weighted by molar-refractivity contribution is -0.154. The third-order valence-corrected chi connectivity index (χ3v) is 4.10. The molecule has 6 nitrogen and oxygen atoms in total. The average molecular weight is 304 g/mol. The molecule has 1 aromatic rings. The fourth-order valence-corrected chi connectivity index (χ4v) is 2.73. The van der Waals surface area contributed by atoms with Crippen molar-refractivity contribution < 1.29 is 28.5 Å². The number of carbonyl (C=O) groups is 2. The summed E-state index contributed by atoms with van der Waals surface area (Å²) in [7, 11) is 0. The first-order valence-electron chi connectivity index (χ1n) is 7.38. The number of hydrogen-bond acceptors (Lipinski definition) is 6. The van der Waals surface area contributed by atoms with Crippen LogP contribution < -0.4 is 0 Å². The van der Waals surface area contributed by atoms with Gasteiger partial charge >= 0.3 is 11.9 Å².